The molecule has 0 spiro atoms. The Kier molecular flexibility index (Phi) is 5.65. The number of methoxy groups -OCH3 is 1. The van der Waals surface area contributed by atoms with E-state index in [1.165, 1.54) is 17.5 Å². The Bertz CT molecular complexity index is 1130. The van der Waals surface area contributed by atoms with Gasteiger partial charge in [0.05, 0.1) is 5.56 Å². The van der Waals surface area contributed by atoms with Crippen LogP contribution in [-0.4, -0.2) is 55.0 Å². The van der Waals surface area contributed by atoms with E-state index < -0.39 is 30.2 Å². The van der Waals surface area contributed by atoms with Gasteiger partial charge in [0.25, 0.3) is 12.4 Å². The third-order valence-electron chi connectivity index (χ3n) is 5.79. The van der Waals surface area contributed by atoms with Gasteiger partial charge in [0.1, 0.15) is 11.1 Å². The predicted molar refractivity (Wildman–Crippen MR) is 110 cm³/mol. The second kappa shape index (κ2) is 8.37. The first-order chi connectivity index (χ1) is 15.7. The lowest BCUT2D eigenvalue weighted by molar-refractivity contribution is -0.274. The van der Waals surface area contributed by atoms with E-state index in [-0.39, 0.29) is 34.8 Å². The molecule has 0 amide bonds. The van der Waals surface area contributed by atoms with Gasteiger partial charge in [0.2, 0.25) is 0 Å². The summed E-state index contributed by atoms with van der Waals surface area (Å²) in [6, 6.07) is 1.70. The number of piperazine rings is 1. The van der Waals surface area contributed by atoms with Crippen molar-refractivity contribution in [2.45, 2.75) is 43.8 Å². The molecule has 2 saturated heterocycles. The number of aromatic nitrogens is 2. The van der Waals surface area contributed by atoms with Crippen LogP contribution in [0.15, 0.2) is 22.1 Å². The van der Waals surface area contributed by atoms with Gasteiger partial charge in [-0.3, -0.25) is 0 Å². The van der Waals surface area contributed by atoms with Crippen molar-refractivity contribution in [3.05, 3.63) is 23.2 Å². The highest BCUT2D eigenvalue weighted by atomic mass is 32.1. The van der Waals surface area contributed by atoms with Gasteiger partial charge in [-0.15, -0.1) is 24.5 Å². The molecule has 33 heavy (non-hydrogen) atoms. The van der Waals surface area contributed by atoms with Gasteiger partial charge >= 0.3 is 6.36 Å². The zero-order chi connectivity index (χ0) is 23.3. The molecule has 0 saturated carbocycles. The van der Waals surface area contributed by atoms with Crippen LogP contribution in [0.4, 0.5) is 28.0 Å². The van der Waals surface area contributed by atoms with Gasteiger partial charge in [-0.2, -0.15) is 4.98 Å². The highest BCUT2D eigenvalue weighted by molar-refractivity contribution is 7.13. The van der Waals surface area contributed by atoms with E-state index in [0.29, 0.717) is 18.1 Å². The van der Waals surface area contributed by atoms with E-state index in [1.54, 1.807) is 5.38 Å². The van der Waals surface area contributed by atoms with E-state index >= 15 is 0 Å². The molecule has 5 rings (SSSR count). The average molecular weight is 490 g/mol. The molecule has 2 bridgehead atoms. The van der Waals surface area contributed by atoms with E-state index in [4.69, 9.17) is 9.15 Å². The van der Waals surface area contributed by atoms with Gasteiger partial charge in [-0.25, -0.2) is 13.8 Å². The summed E-state index contributed by atoms with van der Waals surface area (Å²) in [6.45, 7) is 1.13. The summed E-state index contributed by atoms with van der Waals surface area (Å²) >= 11 is 1.19. The fraction of sp³-hybridized carbons (Fsp3) is 0.500. The Labute approximate surface area is 188 Å². The number of rotatable bonds is 6. The number of alkyl halides is 5. The summed E-state index contributed by atoms with van der Waals surface area (Å²) in [5.74, 6) is -0.863. The maximum Gasteiger partial charge on any atom is 0.573 e. The normalized spacial score (nSPS) is 21.8. The lowest BCUT2D eigenvalue weighted by Crippen LogP contribution is -2.51. The first-order valence-electron chi connectivity index (χ1n) is 10.2. The molecular weight excluding hydrogens is 471 g/mol. The van der Waals surface area contributed by atoms with Gasteiger partial charge in [-0.05, 0) is 18.9 Å². The molecule has 3 atom stereocenters. The van der Waals surface area contributed by atoms with Crippen LogP contribution >= 0.6 is 11.3 Å². The van der Waals surface area contributed by atoms with Crippen molar-refractivity contribution < 1.29 is 35.8 Å². The standard InChI is InChI=1S/C20H19F5N4O3S/c1-30-16(17(21)22)11-6-12(18-26-4-5-33-18)14-13(15(11)32-20(23,24)25)28-19(31-14)29-7-9-2-3-10(8-29)27-9/h4-6,9-10,16-17,27H,2-3,7-8H2,1H3. The average Bonchev–Trinajstić information content (AvgIpc) is 3.49. The number of thiazole rings is 1. The third kappa shape index (κ3) is 4.24. The molecule has 2 aliphatic rings. The van der Waals surface area contributed by atoms with Crippen molar-refractivity contribution in [1.29, 1.82) is 0 Å². The lowest BCUT2D eigenvalue weighted by atomic mass is 10.0. The molecule has 3 aromatic rings. The minimum absolute atomic E-state index is 0.0158. The summed E-state index contributed by atoms with van der Waals surface area (Å²) in [6.07, 6.45) is -6.77. The van der Waals surface area contributed by atoms with Crippen LogP contribution in [0.2, 0.25) is 0 Å². The Morgan fingerprint density at radius 3 is 2.55 bits per heavy atom. The molecule has 2 aromatic heterocycles. The third-order valence-corrected chi connectivity index (χ3v) is 6.60. The molecule has 178 valence electrons. The molecule has 1 N–H and O–H groups in total. The number of ether oxygens (including phenoxy) is 2. The molecule has 1 aromatic carbocycles. The van der Waals surface area contributed by atoms with E-state index in [2.05, 4.69) is 20.0 Å². The van der Waals surface area contributed by atoms with E-state index in [1.807, 2.05) is 4.90 Å². The number of hydrogen-bond donors (Lipinski definition) is 1. The Morgan fingerprint density at radius 2 is 1.97 bits per heavy atom. The van der Waals surface area contributed by atoms with Crippen LogP contribution in [0, 0.1) is 0 Å². The van der Waals surface area contributed by atoms with Crippen molar-refractivity contribution in [3.8, 4) is 16.3 Å². The number of nitrogens with one attached hydrogen (secondary N) is 1. The van der Waals surface area contributed by atoms with Crippen LogP contribution in [0.3, 0.4) is 0 Å². The number of anilines is 1. The van der Waals surface area contributed by atoms with Crippen LogP contribution in [-0.2, 0) is 4.74 Å². The topological polar surface area (TPSA) is 72.7 Å². The summed E-state index contributed by atoms with van der Waals surface area (Å²) in [7, 11) is 0.992. The van der Waals surface area contributed by atoms with E-state index in [9.17, 15) is 22.0 Å². The zero-order valence-electron chi connectivity index (χ0n) is 17.2. The number of fused-ring (bicyclic) bond motifs is 3. The molecule has 13 heteroatoms. The summed E-state index contributed by atoms with van der Waals surface area (Å²) in [5, 5.41) is 5.49. The SMILES string of the molecule is COC(c1cc(-c2nccs2)c2oc(N3CC4CCC(C3)N4)nc2c1OC(F)(F)F)C(F)F. The van der Waals surface area contributed by atoms with Crippen LogP contribution in [0.25, 0.3) is 21.7 Å². The van der Waals surface area contributed by atoms with Gasteiger partial charge in [0.15, 0.2) is 16.8 Å². The molecule has 4 heterocycles. The smallest absolute Gasteiger partial charge is 0.422 e. The minimum atomic E-state index is -5.14. The summed E-state index contributed by atoms with van der Waals surface area (Å²) < 4.78 is 82.4. The largest absolute Gasteiger partial charge is 0.573 e. The van der Waals surface area contributed by atoms with Crippen molar-refractivity contribution in [2.75, 3.05) is 25.1 Å². The van der Waals surface area contributed by atoms with E-state index in [0.717, 1.165) is 26.0 Å². The molecule has 0 radical (unpaired) electrons. The van der Waals surface area contributed by atoms with Gasteiger partial charge in [-0.1, -0.05) is 0 Å². The monoisotopic (exact) mass is 490 g/mol. The predicted octanol–water partition coefficient (Wildman–Crippen LogP) is 4.74. The quantitative estimate of drug-likeness (QED) is 0.501. The fourth-order valence-electron chi connectivity index (χ4n) is 4.47. The first kappa shape index (κ1) is 22.3. The lowest BCUT2D eigenvalue weighted by Gasteiger charge is -2.31. The Morgan fingerprint density at radius 1 is 1.24 bits per heavy atom. The summed E-state index contributed by atoms with van der Waals surface area (Å²) in [4.78, 5) is 10.3. The van der Waals surface area contributed by atoms with Crippen molar-refractivity contribution in [3.63, 3.8) is 0 Å². The van der Waals surface area contributed by atoms with Crippen LogP contribution in [0.5, 0.6) is 5.75 Å². The number of hydrogen-bond acceptors (Lipinski definition) is 8. The zero-order valence-corrected chi connectivity index (χ0v) is 18.1. The maximum atomic E-state index is 13.7. The maximum absolute atomic E-state index is 13.7. The Hall–Kier alpha value is -2.51. The van der Waals surface area contributed by atoms with Gasteiger partial charge < -0.3 is 24.1 Å². The second-order valence-electron chi connectivity index (χ2n) is 7.94. The molecule has 2 aliphatic heterocycles. The van der Waals surface area contributed by atoms with Crippen LogP contribution in [0.1, 0.15) is 24.5 Å². The van der Waals surface area contributed by atoms with Crippen LogP contribution < -0.4 is 15.0 Å². The Balaban J connectivity index is 1.72. The molecule has 2 fully saturated rings. The van der Waals surface area contributed by atoms with Crippen molar-refractivity contribution >= 4 is 28.5 Å². The fourth-order valence-corrected chi connectivity index (χ4v) is 5.12. The second-order valence-corrected chi connectivity index (χ2v) is 8.83. The minimum Gasteiger partial charge on any atom is -0.422 e. The van der Waals surface area contributed by atoms with Crippen molar-refractivity contribution in [2.24, 2.45) is 0 Å². The number of benzene rings is 1. The number of oxazole rings is 1. The molecular formula is C20H19F5N4O3S. The first-order valence-corrected chi connectivity index (χ1v) is 11.1. The molecule has 3 unspecified atom stereocenters. The highest BCUT2D eigenvalue weighted by Crippen LogP contribution is 2.46. The molecule has 0 aliphatic carbocycles. The highest BCUT2D eigenvalue weighted by Gasteiger charge is 2.39. The number of nitrogens with zero attached hydrogens (tertiary/aromatic N) is 3. The summed E-state index contributed by atoms with van der Waals surface area (Å²) in [5.41, 5.74) is -0.566. The van der Waals surface area contributed by atoms with Gasteiger partial charge in [0, 0.05) is 49.4 Å². The van der Waals surface area contributed by atoms with Crippen molar-refractivity contribution in [1.82, 2.24) is 15.3 Å². The molecule has 7 nitrogen and oxygen atoms in total. The number of halogens is 5.